The highest BCUT2D eigenvalue weighted by Gasteiger charge is 2.24. The Balaban J connectivity index is 2.78. The van der Waals surface area contributed by atoms with Gasteiger partial charge < -0.3 is 9.47 Å². The zero-order chi connectivity index (χ0) is 13.5. The van der Waals surface area contributed by atoms with Gasteiger partial charge in [0, 0.05) is 19.4 Å². The molecule has 0 aliphatic carbocycles. The van der Waals surface area contributed by atoms with Crippen LogP contribution in [0.2, 0.25) is 0 Å². The maximum absolute atomic E-state index is 12.0. The Labute approximate surface area is 105 Å². The molecule has 1 atom stereocenters. The predicted octanol–water partition coefficient (Wildman–Crippen LogP) is 1.36. The molecule has 1 unspecified atom stereocenters. The van der Waals surface area contributed by atoms with Crippen LogP contribution in [-0.2, 0) is 19.1 Å². The Bertz CT molecular complexity index is 438. The van der Waals surface area contributed by atoms with Gasteiger partial charge in [-0.2, -0.15) is 0 Å². The molecule has 0 heterocycles. The highest BCUT2D eigenvalue weighted by Crippen LogP contribution is 2.07. The summed E-state index contributed by atoms with van der Waals surface area (Å²) in [5.74, 6) is -1.53. The molecule has 5 nitrogen and oxygen atoms in total. The van der Waals surface area contributed by atoms with Gasteiger partial charge in [0.25, 0.3) is 0 Å². The van der Waals surface area contributed by atoms with Crippen molar-refractivity contribution in [1.82, 2.24) is 0 Å². The summed E-state index contributed by atoms with van der Waals surface area (Å²) in [6, 6.07) is 8.37. The molecule has 1 aromatic rings. The first kappa shape index (κ1) is 13.9. The Morgan fingerprint density at radius 1 is 1.06 bits per heavy atom. The van der Waals surface area contributed by atoms with E-state index in [0.717, 1.165) is 0 Å². The highest BCUT2D eigenvalue weighted by molar-refractivity contribution is 6.00. The number of benzene rings is 1. The second kappa shape index (κ2) is 6.54. The first-order valence-corrected chi connectivity index (χ1v) is 5.40. The van der Waals surface area contributed by atoms with Crippen LogP contribution < -0.4 is 0 Å². The molecule has 0 aliphatic heterocycles. The lowest BCUT2D eigenvalue weighted by Gasteiger charge is -2.15. The van der Waals surface area contributed by atoms with E-state index in [1.165, 1.54) is 13.8 Å². The first-order chi connectivity index (χ1) is 8.50. The standard InChI is InChI=1S/C13H14O5/c1-9(14)17-8-12(18-10(2)15)13(16)11-6-4-3-5-7-11/h3-7,12H,8H2,1-2H3. The lowest BCUT2D eigenvalue weighted by molar-refractivity contribution is -0.153. The van der Waals surface area contributed by atoms with Crippen LogP contribution in [0.4, 0.5) is 0 Å². The van der Waals surface area contributed by atoms with Crippen molar-refractivity contribution in [1.29, 1.82) is 0 Å². The summed E-state index contributed by atoms with van der Waals surface area (Å²) in [4.78, 5) is 33.7. The Morgan fingerprint density at radius 3 is 2.17 bits per heavy atom. The Morgan fingerprint density at radius 2 is 1.67 bits per heavy atom. The van der Waals surface area contributed by atoms with Crippen molar-refractivity contribution < 1.29 is 23.9 Å². The number of rotatable bonds is 5. The van der Waals surface area contributed by atoms with Gasteiger partial charge in [-0.3, -0.25) is 14.4 Å². The van der Waals surface area contributed by atoms with Gasteiger partial charge in [0.2, 0.25) is 5.78 Å². The highest BCUT2D eigenvalue weighted by atomic mass is 16.6. The number of carbonyl (C=O) groups excluding carboxylic acids is 3. The summed E-state index contributed by atoms with van der Waals surface area (Å²) in [5, 5.41) is 0. The average Bonchev–Trinajstić information content (AvgIpc) is 2.34. The lowest BCUT2D eigenvalue weighted by atomic mass is 10.1. The monoisotopic (exact) mass is 250 g/mol. The zero-order valence-electron chi connectivity index (χ0n) is 10.2. The average molecular weight is 250 g/mol. The third-order valence-electron chi connectivity index (χ3n) is 2.10. The molecule has 0 bridgehead atoms. The topological polar surface area (TPSA) is 69.7 Å². The molecule has 0 amide bonds. The largest absolute Gasteiger partial charge is 0.461 e. The van der Waals surface area contributed by atoms with E-state index in [-0.39, 0.29) is 6.61 Å². The Kier molecular flexibility index (Phi) is 5.05. The van der Waals surface area contributed by atoms with E-state index >= 15 is 0 Å². The molecule has 1 rings (SSSR count). The van der Waals surface area contributed by atoms with Crippen molar-refractivity contribution in [2.24, 2.45) is 0 Å². The maximum atomic E-state index is 12.0. The fourth-order valence-electron chi connectivity index (χ4n) is 1.34. The van der Waals surface area contributed by atoms with Crippen molar-refractivity contribution in [2.75, 3.05) is 6.61 Å². The SMILES string of the molecule is CC(=O)OCC(OC(C)=O)C(=O)c1ccccc1. The summed E-state index contributed by atoms with van der Waals surface area (Å²) < 4.78 is 9.56. The molecular formula is C13H14O5. The molecule has 96 valence electrons. The van der Waals surface area contributed by atoms with Gasteiger partial charge in [0.05, 0.1) is 0 Å². The van der Waals surface area contributed by atoms with Crippen molar-refractivity contribution in [3.8, 4) is 0 Å². The molecule has 0 aliphatic rings. The Hall–Kier alpha value is -2.17. The van der Waals surface area contributed by atoms with E-state index in [2.05, 4.69) is 0 Å². The molecular weight excluding hydrogens is 236 g/mol. The fraction of sp³-hybridized carbons (Fsp3) is 0.308. The second-order valence-electron chi connectivity index (χ2n) is 3.63. The molecule has 0 aromatic heterocycles. The molecule has 0 N–H and O–H groups in total. The molecule has 1 aromatic carbocycles. The molecule has 5 heteroatoms. The van der Waals surface area contributed by atoms with E-state index in [1.54, 1.807) is 30.3 Å². The molecule has 0 spiro atoms. The predicted molar refractivity (Wildman–Crippen MR) is 63.0 cm³/mol. The molecule has 0 radical (unpaired) electrons. The van der Waals surface area contributed by atoms with Crippen LogP contribution in [0.5, 0.6) is 0 Å². The van der Waals surface area contributed by atoms with Crippen LogP contribution in [-0.4, -0.2) is 30.4 Å². The second-order valence-corrected chi connectivity index (χ2v) is 3.63. The van der Waals surface area contributed by atoms with Crippen LogP contribution in [0, 0.1) is 0 Å². The van der Waals surface area contributed by atoms with Gasteiger partial charge in [-0.05, 0) is 0 Å². The zero-order valence-corrected chi connectivity index (χ0v) is 10.2. The number of hydrogen-bond acceptors (Lipinski definition) is 5. The fourth-order valence-corrected chi connectivity index (χ4v) is 1.34. The summed E-state index contributed by atoms with van der Waals surface area (Å²) >= 11 is 0. The summed E-state index contributed by atoms with van der Waals surface area (Å²) in [7, 11) is 0. The number of ether oxygens (including phenoxy) is 2. The minimum Gasteiger partial charge on any atom is -0.461 e. The van der Waals surface area contributed by atoms with Gasteiger partial charge >= 0.3 is 11.9 Å². The quantitative estimate of drug-likeness (QED) is 0.583. The van der Waals surface area contributed by atoms with E-state index in [4.69, 9.17) is 9.47 Å². The van der Waals surface area contributed by atoms with Crippen molar-refractivity contribution in [3.63, 3.8) is 0 Å². The normalized spacial score (nSPS) is 11.4. The van der Waals surface area contributed by atoms with Gasteiger partial charge in [-0.25, -0.2) is 0 Å². The maximum Gasteiger partial charge on any atom is 0.303 e. The smallest absolute Gasteiger partial charge is 0.303 e. The third kappa shape index (κ3) is 4.37. The van der Waals surface area contributed by atoms with Gasteiger partial charge in [0.15, 0.2) is 6.10 Å². The van der Waals surface area contributed by atoms with Crippen LogP contribution in [0.1, 0.15) is 24.2 Å². The van der Waals surface area contributed by atoms with Crippen LogP contribution in [0.15, 0.2) is 30.3 Å². The van der Waals surface area contributed by atoms with E-state index < -0.39 is 23.8 Å². The van der Waals surface area contributed by atoms with Crippen LogP contribution in [0.3, 0.4) is 0 Å². The summed E-state index contributed by atoms with van der Waals surface area (Å²) in [6.07, 6.45) is -1.10. The summed E-state index contributed by atoms with van der Waals surface area (Å²) in [5.41, 5.74) is 0.399. The number of carbonyl (C=O) groups is 3. The van der Waals surface area contributed by atoms with Gasteiger partial charge in [-0.15, -0.1) is 0 Å². The molecule has 0 fully saturated rings. The number of esters is 2. The van der Waals surface area contributed by atoms with E-state index in [1.807, 2.05) is 0 Å². The van der Waals surface area contributed by atoms with Crippen LogP contribution in [0.25, 0.3) is 0 Å². The van der Waals surface area contributed by atoms with Gasteiger partial charge in [-0.1, -0.05) is 30.3 Å². The number of hydrogen-bond donors (Lipinski definition) is 0. The first-order valence-electron chi connectivity index (χ1n) is 5.40. The van der Waals surface area contributed by atoms with E-state index in [0.29, 0.717) is 5.56 Å². The molecule has 18 heavy (non-hydrogen) atoms. The minimum absolute atomic E-state index is 0.275. The van der Waals surface area contributed by atoms with E-state index in [9.17, 15) is 14.4 Å². The molecule has 0 saturated carbocycles. The van der Waals surface area contributed by atoms with Crippen LogP contribution >= 0.6 is 0 Å². The lowest BCUT2D eigenvalue weighted by Crippen LogP contribution is -2.32. The van der Waals surface area contributed by atoms with Crippen molar-refractivity contribution in [2.45, 2.75) is 20.0 Å². The third-order valence-corrected chi connectivity index (χ3v) is 2.10. The van der Waals surface area contributed by atoms with Crippen molar-refractivity contribution >= 4 is 17.7 Å². The number of ketones is 1. The number of Topliss-reactive ketones (excluding diaryl/α,β-unsaturated/α-hetero) is 1. The summed E-state index contributed by atoms with van der Waals surface area (Å²) in [6.45, 7) is 2.14. The minimum atomic E-state index is -1.10. The van der Waals surface area contributed by atoms with Crippen molar-refractivity contribution in [3.05, 3.63) is 35.9 Å². The molecule has 0 saturated heterocycles. The van der Waals surface area contributed by atoms with Gasteiger partial charge in [0.1, 0.15) is 6.61 Å².